The number of aromatic nitrogens is 3. The van der Waals surface area contributed by atoms with Crippen LogP contribution in [0.1, 0.15) is 44.7 Å². The van der Waals surface area contributed by atoms with E-state index in [4.69, 9.17) is 0 Å². The van der Waals surface area contributed by atoms with E-state index in [9.17, 15) is 0 Å². The normalized spacial score (nSPS) is 18.9. The van der Waals surface area contributed by atoms with Gasteiger partial charge in [-0.3, -0.25) is 9.58 Å². The molecular weight excluding hydrogens is 250 g/mol. The smallest absolute Gasteiger partial charge is 0.0964 e. The van der Waals surface area contributed by atoms with Crippen molar-refractivity contribution in [2.24, 2.45) is 5.92 Å². The van der Waals surface area contributed by atoms with Crippen molar-refractivity contribution in [2.45, 2.75) is 58.2 Å². The maximum Gasteiger partial charge on any atom is 0.0964 e. The predicted molar refractivity (Wildman–Crippen MR) is 79.3 cm³/mol. The van der Waals surface area contributed by atoms with E-state index in [-0.39, 0.29) is 0 Å². The second-order valence-corrected chi connectivity index (χ2v) is 6.32. The molecule has 1 N–H and O–H groups in total. The van der Waals surface area contributed by atoms with Gasteiger partial charge in [-0.25, -0.2) is 0 Å². The summed E-state index contributed by atoms with van der Waals surface area (Å²) in [7, 11) is 0. The molecule has 1 aromatic rings. The molecule has 2 aliphatic carbocycles. The standard InChI is InChI=1S/C15H27N5/c1-2-7-16-10-14-12-20(18-17-14)9-8-19(15-5-6-15)11-13-3-4-13/h12-13,15-16H,2-11H2,1H3. The Kier molecular flexibility index (Phi) is 4.68. The van der Waals surface area contributed by atoms with Crippen LogP contribution in [0.15, 0.2) is 6.20 Å². The SMILES string of the molecule is CCCNCc1cn(CCN(CC2CC2)C2CC2)nn1. The molecule has 0 spiro atoms. The van der Waals surface area contributed by atoms with E-state index in [0.29, 0.717) is 0 Å². The number of hydrogen-bond acceptors (Lipinski definition) is 4. The van der Waals surface area contributed by atoms with Gasteiger partial charge < -0.3 is 5.32 Å². The summed E-state index contributed by atoms with van der Waals surface area (Å²) < 4.78 is 2.01. The molecule has 0 atom stereocenters. The van der Waals surface area contributed by atoms with Crippen LogP contribution < -0.4 is 5.32 Å². The molecule has 0 radical (unpaired) electrons. The van der Waals surface area contributed by atoms with Crippen LogP contribution in [0.25, 0.3) is 0 Å². The van der Waals surface area contributed by atoms with Crippen molar-refractivity contribution in [1.82, 2.24) is 25.2 Å². The van der Waals surface area contributed by atoms with Gasteiger partial charge in [0.2, 0.25) is 0 Å². The number of rotatable bonds is 10. The summed E-state index contributed by atoms with van der Waals surface area (Å²) in [4.78, 5) is 2.67. The highest BCUT2D eigenvalue weighted by atomic mass is 15.4. The molecule has 0 bridgehead atoms. The first kappa shape index (κ1) is 14.0. The number of hydrogen-bond donors (Lipinski definition) is 1. The summed E-state index contributed by atoms with van der Waals surface area (Å²) in [6.45, 7) is 7.47. The Morgan fingerprint density at radius 2 is 2.20 bits per heavy atom. The highest BCUT2D eigenvalue weighted by Gasteiger charge is 2.33. The molecular formula is C15H27N5. The average molecular weight is 277 g/mol. The van der Waals surface area contributed by atoms with E-state index in [1.54, 1.807) is 0 Å². The summed E-state index contributed by atoms with van der Waals surface area (Å²) in [5, 5.41) is 11.8. The molecule has 2 aliphatic rings. The summed E-state index contributed by atoms with van der Waals surface area (Å²) in [5.74, 6) is 0.986. The first-order chi connectivity index (χ1) is 9.85. The van der Waals surface area contributed by atoms with Gasteiger partial charge in [-0.05, 0) is 44.6 Å². The fraction of sp³-hybridized carbons (Fsp3) is 0.867. The molecule has 0 aliphatic heterocycles. The monoisotopic (exact) mass is 277 g/mol. The van der Waals surface area contributed by atoms with Crippen LogP contribution in [-0.4, -0.2) is 45.6 Å². The zero-order chi connectivity index (χ0) is 13.8. The molecule has 5 heteroatoms. The van der Waals surface area contributed by atoms with Crippen LogP contribution in [0.5, 0.6) is 0 Å². The van der Waals surface area contributed by atoms with Crippen LogP contribution in [-0.2, 0) is 13.1 Å². The number of nitrogens with one attached hydrogen (secondary N) is 1. The lowest BCUT2D eigenvalue weighted by molar-refractivity contribution is 0.238. The van der Waals surface area contributed by atoms with E-state index < -0.39 is 0 Å². The van der Waals surface area contributed by atoms with Crippen molar-refractivity contribution >= 4 is 0 Å². The van der Waals surface area contributed by atoms with Gasteiger partial charge in [0.05, 0.1) is 12.2 Å². The third-order valence-corrected chi connectivity index (χ3v) is 4.19. The summed E-state index contributed by atoms with van der Waals surface area (Å²) >= 11 is 0. The van der Waals surface area contributed by atoms with E-state index in [2.05, 4.69) is 33.6 Å². The molecule has 1 aromatic heterocycles. The Labute approximate surface area is 121 Å². The van der Waals surface area contributed by atoms with Crippen LogP contribution in [0.3, 0.4) is 0 Å². The van der Waals surface area contributed by atoms with Gasteiger partial charge in [-0.1, -0.05) is 12.1 Å². The minimum absolute atomic E-state index is 0.836. The Morgan fingerprint density at radius 3 is 2.90 bits per heavy atom. The first-order valence-corrected chi connectivity index (χ1v) is 8.19. The van der Waals surface area contributed by atoms with Crippen molar-refractivity contribution in [3.63, 3.8) is 0 Å². The van der Waals surface area contributed by atoms with Crippen molar-refractivity contribution in [3.05, 3.63) is 11.9 Å². The fourth-order valence-corrected chi connectivity index (χ4v) is 2.65. The Balaban J connectivity index is 1.42. The lowest BCUT2D eigenvalue weighted by Gasteiger charge is -2.21. The van der Waals surface area contributed by atoms with Crippen molar-refractivity contribution < 1.29 is 0 Å². The minimum Gasteiger partial charge on any atom is -0.311 e. The van der Waals surface area contributed by atoms with Crippen LogP contribution in [0, 0.1) is 5.92 Å². The molecule has 5 nitrogen and oxygen atoms in total. The molecule has 0 amide bonds. The fourth-order valence-electron chi connectivity index (χ4n) is 2.65. The van der Waals surface area contributed by atoms with Crippen LogP contribution in [0.4, 0.5) is 0 Å². The molecule has 0 saturated heterocycles. The molecule has 112 valence electrons. The van der Waals surface area contributed by atoms with Crippen molar-refractivity contribution in [1.29, 1.82) is 0 Å². The maximum absolute atomic E-state index is 4.24. The highest BCUT2D eigenvalue weighted by molar-refractivity contribution is 4.92. The average Bonchev–Trinajstić information content (AvgIpc) is 3.35. The van der Waals surface area contributed by atoms with E-state index in [0.717, 1.165) is 50.3 Å². The van der Waals surface area contributed by atoms with Crippen LogP contribution >= 0.6 is 0 Å². The van der Waals surface area contributed by atoms with Gasteiger partial charge in [0, 0.05) is 31.9 Å². The lowest BCUT2D eigenvalue weighted by Crippen LogP contribution is -2.31. The van der Waals surface area contributed by atoms with Gasteiger partial charge in [0.1, 0.15) is 0 Å². The van der Waals surface area contributed by atoms with Crippen LogP contribution in [0.2, 0.25) is 0 Å². The zero-order valence-corrected chi connectivity index (χ0v) is 12.6. The Bertz CT molecular complexity index is 408. The summed E-state index contributed by atoms with van der Waals surface area (Å²) in [6.07, 6.45) is 8.93. The second-order valence-electron chi connectivity index (χ2n) is 6.32. The molecule has 0 aromatic carbocycles. The van der Waals surface area contributed by atoms with E-state index in [1.165, 1.54) is 32.2 Å². The third kappa shape index (κ3) is 4.28. The maximum atomic E-state index is 4.24. The summed E-state index contributed by atoms with van der Waals surface area (Å²) in [6, 6.07) is 0.866. The molecule has 2 fully saturated rings. The van der Waals surface area contributed by atoms with Gasteiger partial charge in [-0.15, -0.1) is 5.10 Å². The predicted octanol–water partition coefficient (Wildman–Crippen LogP) is 1.65. The zero-order valence-electron chi connectivity index (χ0n) is 12.6. The van der Waals surface area contributed by atoms with Gasteiger partial charge in [-0.2, -0.15) is 0 Å². The summed E-state index contributed by atoms with van der Waals surface area (Å²) in [5.41, 5.74) is 1.05. The first-order valence-electron chi connectivity index (χ1n) is 8.19. The number of nitrogens with zero attached hydrogens (tertiary/aromatic N) is 4. The second kappa shape index (κ2) is 6.68. The Morgan fingerprint density at radius 1 is 1.35 bits per heavy atom. The quantitative estimate of drug-likeness (QED) is 0.661. The van der Waals surface area contributed by atoms with E-state index in [1.807, 2.05) is 4.68 Å². The molecule has 2 saturated carbocycles. The largest absolute Gasteiger partial charge is 0.311 e. The third-order valence-electron chi connectivity index (χ3n) is 4.19. The lowest BCUT2D eigenvalue weighted by atomic mass is 10.3. The molecule has 0 unspecified atom stereocenters. The van der Waals surface area contributed by atoms with E-state index >= 15 is 0 Å². The van der Waals surface area contributed by atoms with Crippen molar-refractivity contribution in [2.75, 3.05) is 19.6 Å². The highest BCUT2D eigenvalue weighted by Crippen LogP contribution is 2.34. The van der Waals surface area contributed by atoms with Gasteiger partial charge >= 0.3 is 0 Å². The minimum atomic E-state index is 0.836. The molecule has 1 heterocycles. The molecule has 3 rings (SSSR count). The van der Waals surface area contributed by atoms with Gasteiger partial charge in [0.25, 0.3) is 0 Å². The van der Waals surface area contributed by atoms with Gasteiger partial charge in [0.15, 0.2) is 0 Å². The molecule has 20 heavy (non-hydrogen) atoms. The Hall–Kier alpha value is -0.940. The van der Waals surface area contributed by atoms with Crippen molar-refractivity contribution in [3.8, 4) is 0 Å². The topological polar surface area (TPSA) is 46.0 Å².